The molecule has 0 aliphatic rings. The lowest BCUT2D eigenvalue weighted by molar-refractivity contribution is -0.167. The zero-order chi connectivity index (χ0) is 59.2. The van der Waals surface area contributed by atoms with E-state index in [0.29, 0.717) is 19.3 Å². The molecule has 0 rings (SSSR count). The maximum absolute atomic E-state index is 12.9. The van der Waals surface area contributed by atoms with E-state index in [2.05, 4.69) is 142 Å². The van der Waals surface area contributed by atoms with E-state index in [1.807, 2.05) is 0 Å². The van der Waals surface area contributed by atoms with Crippen molar-refractivity contribution in [1.29, 1.82) is 0 Å². The highest BCUT2D eigenvalue weighted by molar-refractivity contribution is 5.71. The Balaban J connectivity index is 4.34. The third-order valence-corrected chi connectivity index (χ3v) is 14.7. The van der Waals surface area contributed by atoms with Gasteiger partial charge in [0.15, 0.2) is 6.10 Å². The zero-order valence-electron chi connectivity index (χ0n) is 53.7. The summed E-state index contributed by atoms with van der Waals surface area (Å²) in [5.74, 6) is -0.908. The van der Waals surface area contributed by atoms with Crippen LogP contribution in [0.5, 0.6) is 0 Å². The largest absolute Gasteiger partial charge is 0.462 e. The molecule has 0 aromatic heterocycles. The van der Waals surface area contributed by atoms with Crippen LogP contribution in [-0.2, 0) is 28.6 Å². The highest BCUT2D eigenvalue weighted by atomic mass is 16.6. The Labute approximate surface area is 507 Å². The van der Waals surface area contributed by atoms with Gasteiger partial charge in [-0.05, 0) is 128 Å². The summed E-state index contributed by atoms with van der Waals surface area (Å²) >= 11 is 0. The van der Waals surface area contributed by atoms with Gasteiger partial charge in [0, 0.05) is 19.3 Å². The summed E-state index contributed by atoms with van der Waals surface area (Å²) in [6, 6.07) is 0. The number of ether oxygens (including phenoxy) is 3. The number of allylic oxidation sites excluding steroid dienone is 20. The Morgan fingerprint density at radius 2 is 0.476 bits per heavy atom. The molecule has 0 heterocycles. The summed E-state index contributed by atoms with van der Waals surface area (Å²) in [6.45, 7) is 6.42. The first-order valence-corrected chi connectivity index (χ1v) is 34.5. The molecule has 6 heteroatoms. The fourth-order valence-corrected chi connectivity index (χ4v) is 9.57. The lowest BCUT2D eigenvalue weighted by Gasteiger charge is -2.18. The summed E-state index contributed by atoms with van der Waals surface area (Å²) in [7, 11) is 0. The van der Waals surface area contributed by atoms with Crippen molar-refractivity contribution in [3.63, 3.8) is 0 Å². The maximum atomic E-state index is 12.9. The van der Waals surface area contributed by atoms with Gasteiger partial charge in [-0.3, -0.25) is 14.4 Å². The molecule has 0 spiro atoms. The average molecular weight is 1140 g/mol. The zero-order valence-corrected chi connectivity index (χ0v) is 53.7. The molecular weight excluding hydrogens is 1010 g/mol. The quantitative estimate of drug-likeness (QED) is 0.0261. The summed E-state index contributed by atoms with van der Waals surface area (Å²) in [4.78, 5) is 38.4. The number of rotatable bonds is 62. The Morgan fingerprint density at radius 1 is 0.256 bits per heavy atom. The van der Waals surface area contributed by atoms with Crippen LogP contribution in [0.2, 0.25) is 0 Å². The standard InChI is InChI=1S/C76H128O6/c1-4-7-10-13-16-19-22-25-28-31-33-34-35-36-37-38-39-40-41-42-43-46-48-51-54-57-60-63-66-69-75(78)81-72-73(71-80-74(77)68-65-62-59-56-53-50-47-44-30-27-24-21-18-15-12-9-6-3)82-76(79)70-67-64-61-58-55-52-49-45-32-29-26-23-20-17-14-11-8-5-2/h7,9-10,12,16,18-19,21,25,27-30,32-34,36-37,47,50,73H,4-6,8,11,13-15,17,20,22-24,26,31,35,38-46,48-49,51-72H2,1-3H3/b10-7-,12-9-,19-16-,21-18-,28-25-,30-27-,32-29-,34-33-,37-36-,50-47-. The smallest absolute Gasteiger partial charge is 0.306 e. The van der Waals surface area contributed by atoms with Crippen molar-refractivity contribution < 1.29 is 28.6 Å². The van der Waals surface area contributed by atoms with Gasteiger partial charge in [0.05, 0.1) is 0 Å². The van der Waals surface area contributed by atoms with Crippen molar-refractivity contribution in [2.45, 2.75) is 329 Å². The summed E-state index contributed by atoms with van der Waals surface area (Å²) in [6.07, 6.45) is 96.4. The minimum absolute atomic E-state index is 0.0887. The van der Waals surface area contributed by atoms with Crippen molar-refractivity contribution in [3.05, 3.63) is 122 Å². The summed E-state index contributed by atoms with van der Waals surface area (Å²) < 4.78 is 17.0. The van der Waals surface area contributed by atoms with Crippen LogP contribution in [-0.4, -0.2) is 37.2 Å². The lowest BCUT2D eigenvalue weighted by Crippen LogP contribution is -2.30. The first-order valence-electron chi connectivity index (χ1n) is 34.5. The van der Waals surface area contributed by atoms with Gasteiger partial charge in [-0.25, -0.2) is 0 Å². The second-order valence-corrected chi connectivity index (χ2v) is 22.7. The van der Waals surface area contributed by atoms with E-state index in [1.54, 1.807) is 0 Å². The fourth-order valence-electron chi connectivity index (χ4n) is 9.57. The number of hydrogen-bond acceptors (Lipinski definition) is 6. The Hall–Kier alpha value is -4.19. The van der Waals surface area contributed by atoms with Gasteiger partial charge in [0.2, 0.25) is 0 Å². The highest BCUT2D eigenvalue weighted by Gasteiger charge is 2.19. The van der Waals surface area contributed by atoms with E-state index in [-0.39, 0.29) is 31.1 Å². The van der Waals surface area contributed by atoms with Crippen LogP contribution in [0.4, 0.5) is 0 Å². The van der Waals surface area contributed by atoms with E-state index in [0.717, 1.165) is 128 Å². The molecule has 82 heavy (non-hydrogen) atoms. The van der Waals surface area contributed by atoms with Crippen molar-refractivity contribution in [2.24, 2.45) is 0 Å². The maximum Gasteiger partial charge on any atom is 0.306 e. The second-order valence-electron chi connectivity index (χ2n) is 22.7. The van der Waals surface area contributed by atoms with Crippen molar-refractivity contribution in [2.75, 3.05) is 13.2 Å². The third kappa shape index (κ3) is 66.6. The minimum atomic E-state index is -0.795. The number of esters is 3. The fraction of sp³-hybridized carbons (Fsp3) is 0.697. The van der Waals surface area contributed by atoms with Crippen LogP contribution in [0.3, 0.4) is 0 Å². The van der Waals surface area contributed by atoms with Crippen molar-refractivity contribution in [3.8, 4) is 0 Å². The van der Waals surface area contributed by atoms with Gasteiger partial charge in [-0.2, -0.15) is 0 Å². The summed E-state index contributed by atoms with van der Waals surface area (Å²) in [5.41, 5.74) is 0. The Bertz CT molecular complexity index is 1690. The number of unbranched alkanes of at least 4 members (excludes halogenated alkanes) is 31. The van der Waals surface area contributed by atoms with Crippen LogP contribution < -0.4 is 0 Å². The van der Waals surface area contributed by atoms with E-state index < -0.39 is 6.10 Å². The molecular formula is C76H128O6. The predicted molar refractivity (Wildman–Crippen MR) is 357 cm³/mol. The van der Waals surface area contributed by atoms with Gasteiger partial charge in [0.25, 0.3) is 0 Å². The molecule has 0 radical (unpaired) electrons. The van der Waals surface area contributed by atoms with Gasteiger partial charge in [-0.15, -0.1) is 0 Å². The molecule has 1 atom stereocenters. The van der Waals surface area contributed by atoms with Gasteiger partial charge >= 0.3 is 17.9 Å². The molecule has 0 fully saturated rings. The second kappa shape index (κ2) is 69.3. The van der Waals surface area contributed by atoms with E-state index in [1.165, 1.54) is 154 Å². The average Bonchev–Trinajstić information content (AvgIpc) is 3.47. The van der Waals surface area contributed by atoms with Crippen LogP contribution in [0.25, 0.3) is 0 Å². The molecule has 0 saturated carbocycles. The molecule has 6 nitrogen and oxygen atoms in total. The molecule has 0 saturated heterocycles. The summed E-state index contributed by atoms with van der Waals surface area (Å²) in [5, 5.41) is 0. The molecule has 1 unspecified atom stereocenters. The Morgan fingerprint density at radius 3 is 0.756 bits per heavy atom. The van der Waals surface area contributed by atoms with Crippen LogP contribution in [0.15, 0.2) is 122 Å². The molecule has 0 amide bonds. The predicted octanol–water partition coefficient (Wildman–Crippen LogP) is 23.9. The highest BCUT2D eigenvalue weighted by Crippen LogP contribution is 2.16. The van der Waals surface area contributed by atoms with Crippen LogP contribution >= 0.6 is 0 Å². The van der Waals surface area contributed by atoms with Crippen LogP contribution in [0, 0.1) is 0 Å². The molecule has 0 bridgehead atoms. The first-order chi connectivity index (χ1) is 40.5. The Kier molecular flexibility index (Phi) is 65.8. The van der Waals surface area contributed by atoms with E-state index in [9.17, 15) is 14.4 Å². The first kappa shape index (κ1) is 77.8. The van der Waals surface area contributed by atoms with Gasteiger partial charge < -0.3 is 14.2 Å². The SMILES string of the molecule is CC/C=C\C/C=C\C/C=C\C/C=C\C/C=C\CCCCCCCCCCCCCCCC(=O)OCC(COC(=O)CCCCCC/C=C\C/C=C\C/C=C\C/C=C\CC)OC(=O)CCCCCCCCC/C=C\CCCCCCCCC. The number of carbonyl (C=O) groups is 3. The third-order valence-electron chi connectivity index (χ3n) is 14.7. The number of hydrogen-bond donors (Lipinski definition) is 0. The lowest BCUT2D eigenvalue weighted by atomic mass is 10.0. The van der Waals surface area contributed by atoms with Crippen molar-refractivity contribution in [1.82, 2.24) is 0 Å². The normalized spacial score (nSPS) is 12.9. The van der Waals surface area contributed by atoms with Crippen molar-refractivity contribution >= 4 is 17.9 Å². The van der Waals surface area contributed by atoms with Gasteiger partial charge in [0.1, 0.15) is 13.2 Å². The molecule has 0 aromatic rings. The monoisotopic (exact) mass is 1140 g/mol. The molecule has 0 aliphatic carbocycles. The molecule has 0 aliphatic heterocycles. The van der Waals surface area contributed by atoms with Gasteiger partial charge in [-0.1, -0.05) is 296 Å². The van der Waals surface area contributed by atoms with Crippen LogP contribution in [0.1, 0.15) is 323 Å². The number of carbonyl (C=O) groups excluding carboxylic acids is 3. The molecule has 0 aromatic carbocycles. The van der Waals surface area contributed by atoms with E-state index >= 15 is 0 Å². The minimum Gasteiger partial charge on any atom is -0.462 e. The molecule has 468 valence electrons. The topological polar surface area (TPSA) is 78.9 Å². The molecule has 0 N–H and O–H groups in total. The van der Waals surface area contributed by atoms with E-state index in [4.69, 9.17) is 14.2 Å².